The van der Waals surface area contributed by atoms with Crippen molar-refractivity contribution in [1.82, 2.24) is 5.32 Å². The van der Waals surface area contributed by atoms with E-state index in [2.05, 4.69) is 10.6 Å². The van der Waals surface area contributed by atoms with Crippen LogP contribution in [0.4, 0.5) is 15.8 Å². The molecule has 9 nitrogen and oxygen atoms in total. The molecule has 1 aliphatic heterocycles. The molecule has 4 rings (SSSR count). The number of ether oxygens (including phenoxy) is 2. The summed E-state index contributed by atoms with van der Waals surface area (Å²) in [7, 11) is -1.89. The minimum absolute atomic E-state index is 0.0257. The Morgan fingerprint density at radius 1 is 1.11 bits per heavy atom. The van der Waals surface area contributed by atoms with Crippen molar-refractivity contribution >= 4 is 51.5 Å². The van der Waals surface area contributed by atoms with Gasteiger partial charge in [0.15, 0.2) is 11.5 Å². The van der Waals surface area contributed by atoms with E-state index in [1.165, 1.54) is 19.1 Å². The molecular formula is C25H27ClFN3O6S. The number of halogens is 2. The molecule has 0 unspecified atom stereocenters. The zero-order valence-corrected chi connectivity index (χ0v) is 21.7. The molecule has 2 aromatic carbocycles. The molecule has 0 saturated heterocycles. The Hall–Kier alpha value is -3.18. The standard InChI is InChI=1S/C25H27ClFN3O6S/c1-15(25(33)29-16-4-2-3-5-16)30(18-7-8-20(27)19(26)11-18)24(32)13-37(34)12-23(31)28-17-6-9-21-22(10-17)36-14-35-21/h6-11,15-16H,2-5,12-14H2,1H3,(H,28,31)(H,29,33)/t15-,37+/m0/s1. The van der Waals surface area contributed by atoms with Crippen molar-refractivity contribution in [2.24, 2.45) is 0 Å². The van der Waals surface area contributed by atoms with Crippen LogP contribution in [0.1, 0.15) is 32.6 Å². The number of amides is 3. The number of nitrogens with zero attached hydrogens (tertiary/aromatic N) is 1. The molecule has 2 atom stereocenters. The Labute approximate surface area is 221 Å². The second-order valence-electron chi connectivity index (χ2n) is 8.87. The number of carbonyl (C=O) groups is 3. The van der Waals surface area contributed by atoms with Crippen LogP contribution >= 0.6 is 11.6 Å². The molecule has 1 saturated carbocycles. The Morgan fingerprint density at radius 3 is 2.57 bits per heavy atom. The summed E-state index contributed by atoms with van der Waals surface area (Å²) in [6, 6.07) is 7.55. The van der Waals surface area contributed by atoms with E-state index in [0.29, 0.717) is 17.2 Å². The van der Waals surface area contributed by atoms with Crippen LogP contribution < -0.4 is 25.0 Å². The van der Waals surface area contributed by atoms with Crippen LogP contribution in [0.15, 0.2) is 36.4 Å². The van der Waals surface area contributed by atoms with Crippen molar-refractivity contribution in [3.8, 4) is 11.5 Å². The van der Waals surface area contributed by atoms with Crippen LogP contribution in [0.5, 0.6) is 11.5 Å². The second-order valence-corrected chi connectivity index (χ2v) is 10.7. The first-order valence-corrected chi connectivity index (χ1v) is 13.7. The molecule has 0 bridgehead atoms. The fourth-order valence-corrected chi connectivity index (χ4v) is 5.36. The van der Waals surface area contributed by atoms with Gasteiger partial charge in [0, 0.05) is 34.3 Å². The number of benzene rings is 2. The van der Waals surface area contributed by atoms with Crippen molar-refractivity contribution in [2.75, 3.05) is 28.5 Å². The van der Waals surface area contributed by atoms with Gasteiger partial charge in [-0.2, -0.15) is 0 Å². The number of carbonyl (C=O) groups excluding carboxylic acids is 3. The normalized spacial score (nSPS) is 16.2. The molecule has 1 fully saturated rings. The maximum Gasteiger partial charge on any atom is 0.243 e. The third kappa shape index (κ3) is 6.78. The highest BCUT2D eigenvalue weighted by Crippen LogP contribution is 2.34. The number of hydrogen-bond acceptors (Lipinski definition) is 6. The van der Waals surface area contributed by atoms with Crippen molar-refractivity contribution in [1.29, 1.82) is 0 Å². The minimum Gasteiger partial charge on any atom is -0.454 e. The molecule has 1 aliphatic carbocycles. The highest BCUT2D eigenvalue weighted by Gasteiger charge is 2.31. The van der Waals surface area contributed by atoms with Gasteiger partial charge in [-0.3, -0.25) is 23.5 Å². The van der Waals surface area contributed by atoms with Crippen LogP contribution in [0.3, 0.4) is 0 Å². The molecule has 2 N–H and O–H groups in total. The molecule has 0 spiro atoms. The van der Waals surface area contributed by atoms with Gasteiger partial charge in [0.05, 0.1) is 5.02 Å². The van der Waals surface area contributed by atoms with Gasteiger partial charge < -0.3 is 20.1 Å². The van der Waals surface area contributed by atoms with Crippen molar-refractivity contribution in [3.63, 3.8) is 0 Å². The van der Waals surface area contributed by atoms with E-state index in [1.54, 1.807) is 18.2 Å². The van der Waals surface area contributed by atoms with Gasteiger partial charge in [0.25, 0.3) is 0 Å². The molecular weight excluding hydrogens is 525 g/mol. The molecule has 12 heteroatoms. The number of fused-ring (bicyclic) bond motifs is 1. The Kier molecular flexibility index (Phi) is 8.65. The second kappa shape index (κ2) is 11.9. The summed E-state index contributed by atoms with van der Waals surface area (Å²) in [4.78, 5) is 39.8. The third-order valence-electron chi connectivity index (χ3n) is 6.15. The zero-order valence-electron chi connectivity index (χ0n) is 20.1. The van der Waals surface area contributed by atoms with Gasteiger partial charge in [-0.15, -0.1) is 0 Å². The summed E-state index contributed by atoms with van der Waals surface area (Å²) < 4.78 is 37.0. The van der Waals surface area contributed by atoms with E-state index in [0.717, 1.165) is 36.6 Å². The molecule has 2 aromatic rings. The van der Waals surface area contributed by atoms with Gasteiger partial charge >= 0.3 is 0 Å². The summed E-state index contributed by atoms with van der Waals surface area (Å²) in [5, 5.41) is 5.34. The highest BCUT2D eigenvalue weighted by atomic mass is 35.5. The lowest BCUT2D eigenvalue weighted by molar-refractivity contribution is -0.125. The van der Waals surface area contributed by atoms with E-state index in [9.17, 15) is 23.0 Å². The average Bonchev–Trinajstić information content (AvgIpc) is 3.52. The predicted molar refractivity (Wildman–Crippen MR) is 138 cm³/mol. The monoisotopic (exact) mass is 551 g/mol. The number of nitrogens with one attached hydrogen (secondary N) is 2. The van der Waals surface area contributed by atoms with Gasteiger partial charge in [0.2, 0.25) is 24.5 Å². The molecule has 2 aliphatic rings. The maximum absolute atomic E-state index is 13.8. The van der Waals surface area contributed by atoms with Crippen LogP contribution in [-0.4, -0.2) is 52.3 Å². The van der Waals surface area contributed by atoms with E-state index in [-0.39, 0.29) is 29.5 Å². The SMILES string of the molecule is C[C@@H](C(=O)NC1CCCC1)N(C(=O)C[S@](=O)CC(=O)Nc1ccc2c(c1)OCO2)c1ccc(F)c(Cl)c1. The molecule has 37 heavy (non-hydrogen) atoms. The lowest BCUT2D eigenvalue weighted by Gasteiger charge is -2.29. The van der Waals surface area contributed by atoms with Crippen molar-refractivity contribution < 1.29 is 32.5 Å². The van der Waals surface area contributed by atoms with E-state index in [1.807, 2.05) is 0 Å². The van der Waals surface area contributed by atoms with Gasteiger partial charge in [-0.25, -0.2) is 4.39 Å². The molecule has 0 aromatic heterocycles. The first kappa shape index (κ1) is 26.9. The topological polar surface area (TPSA) is 114 Å². The van der Waals surface area contributed by atoms with Crippen LogP contribution in [-0.2, 0) is 25.2 Å². The summed E-state index contributed by atoms with van der Waals surface area (Å²) in [5.41, 5.74) is 0.615. The molecule has 3 amide bonds. The molecule has 1 heterocycles. The summed E-state index contributed by atoms with van der Waals surface area (Å²) >= 11 is 5.93. The first-order chi connectivity index (χ1) is 17.7. The Bertz CT molecular complexity index is 1220. The van der Waals surface area contributed by atoms with Crippen LogP contribution in [0.25, 0.3) is 0 Å². The largest absolute Gasteiger partial charge is 0.454 e. The number of anilines is 2. The summed E-state index contributed by atoms with van der Waals surface area (Å²) in [6.07, 6.45) is 3.75. The quantitative estimate of drug-likeness (QED) is 0.494. The fraction of sp³-hybridized carbons (Fsp3) is 0.400. The third-order valence-corrected chi connectivity index (χ3v) is 7.59. The Balaban J connectivity index is 1.42. The average molecular weight is 552 g/mol. The van der Waals surface area contributed by atoms with E-state index < -0.39 is 46.0 Å². The lowest BCUT2D eigenvalue weighted by Crippen LogP contribution is -2.51. The van der Waals surface area contributed by atoms with Gasteiger partial charge in [-0.05, 0) is 50.1 Å². The molecule has 0 radical (unpaired) electrons. The van der Waals surface area contributed by atoms with Crippen LogP contribution in [0.2, 0.25) is 5.02 Å². The van der Waals surface area contributed by atoms with Gasteiger partial charge in [-0.1, -0.05) is 24.4 Å². The number of hydrogen-bond donors (Lipinski definition) is 2. The minimum atomic E-state index is -1.89. The fourth-order valence-electron chi connectivity index (χ4n) is 4.30. The first-order valence-electron chi connectivity index (χ1n) is 11.8. The van der Waals surface area contributed by atoms with Crippen molar-refractivity contribution in [2.45, 2.75) is 44.7 Å². The van der Waals surface area contributed by atoms with Gasteiger partial charge in [0.1, 0.15) is 23.4 Å². The maximum atomic E-state index is 13.8. The summed E-state index contributed by atoms with van der Waals surface area (Å²) in [5.74, 6) is -2.21. The Morgan fingerprint density at radius 2 is 1.84 bits per heavy atom. The zero-order chi connectivity index (χ0) is 26.5. The van der Waals surface area contributed by atoms with E-state index >= 15 is 0 Å². The van der Waals surface area contributed by atoms with E-state index in [4.69, 9.17) is 21.1 Å². The molecule has 198 valence electrons. The van der Waals surface area contributed by atoms with Crippen molar-refractivity contribution in [3.05, 3.63) is 47.2 Å². The number of rotatable bonds is 9. The highest BCUT2D eigenvalue weighted by molar-refractivity contribution is 7.86. The summed E-state index contributed by atoms with van der Waals surface area (Å²) in [6.45, 7) is 1.63. The smallest absolute Gasteiger partial charge is 0.243 e. The predicted octanol–water partition coefficient (Wildman–Crippen LogP) is 3.38. The lowest BCUT2D eigenvalue weighted by atomic mass is 10.1. The van der Waals surface area contributed by atoms with Crippen LogP contribution in [0, 0.1) is 5.82 Å².